The van der Waals surface area contributed by atoms with Crippen molar-refractivity contribution < 1.29 is 9.59 Å². The first-order valence-electron chi connectivity index (χ1n) is 6.27. The van der Waals surface area contributed by atoms with Crippen LogP contribution in [0.2, 0.25) is 0 Å². The maximum atomic E-state index is 12.2. The lowest BCUT2D eigenvalue weighted by Crippen LogP contribution is -2.43. The van der Waals surface area contributed by atoms with Crippen molar-refractivity contribution >= 4 is 23.7 Å². The monoisotopic (exact) mass is 261 g/mol. The summed E-state index contributed by atoms with van der Waals surface area (Å²) in [5, 5.41) is -0.240. The Morgan fingerprint density at radius 3 is 2.72 bits per heavy atom. The Kier molecular flexibility index (Phi) is 2.90. The van der Waals surface area contributed by atoms with Gasteiger partial charge in [-0.3, -0.25) is 9.59 Å². The molecule has 0 bridgehead atoms. The molecule has 3 nitrogen and oxygen atoms in total. The molecule has 1 atom stereocenters. The van der Waals surface area contributed by atoms with E-state index in [1.165, 1.54) is 12.8 Å². The molecule has 94 valence electrons. The summed E-state index contributed by atoms with van der Waals surface area (Å²) in [5.41, 5.74) is 1.90. The average molecular weight is 261 g/mol. The third-order valence-electron chi connectivity index (χ3n) is 3.71. The second kappa shape index (κ2) is 4.43. The molecule has 0 saturated heterocycles. The molecule has 4 heteroatoms. The summed E-state index contributed by atoms with van der Waals surface area (Å²) in [6, 6.07) is 7.17. The molecule has 1 aliphatic carbocycles. The fourth-order valence-electron chi connectivity index (χ4n) is 2.59. The van der Waals surface area contributed by atoms with E-state index in [0.717, 1.165) is 11.1 Å². The van der Waals surface area contributed by atoms with Crippen molar-refractivity contribution in [2.24, 2.45) is 5.92 Å². The highest BCUT2D eigenvalue weighted by molar-refractivity contribution is 7.96. The minimum Gasteiger partial charge on any atom is -0.327 e. The van der Waals surface area contributed by atoms with E-state index in [1.807, 2.05) is 24.3 Å². The van der Waals surface area contributed by atoms with Gasteiger partial charge < -0.3 is 4.90 Å². The Morgan fingerprint density at radius 2 is 2.06 bits per heavy atom. The molecule has 1 aliphatic heterocycles. The highest BCUT2D eigenvalue weighted by Crippen LogP contribution is 2.37. The molecule has 1 aromatic carbocycles. The number of hydrogen-bond acceptors (Lipinski definition) is 2. The van der Waals surface area contributed by atoms with Gasteiger partial charge in [0.05, 0.1) is 6.42 Å². The first-order valence-corrected chi connectivity index (χ1v) is 6.71. The predicted molar refractivity (Wildman–Crippen MR) is 71.3 cm³/mol. The van der Waals surface area contributed by atoms with Gasteiger partial charge in [-0.2, -0.15) is 0 Å². The van der Waals surface area contributed by atoms with Crippen molar-refractivity contribution in [3.05, 3.63) is 35.4 Å². The van der Waals surface area contributed by atoms with E-state index in [1.54, 1.807) is 4.90 Å². The first kappa shape index (κ1) is 11.8. The SMILES string of the molecule is O=C(S)C1c2ccccc2CC(=O)N1CC1CC1. The maximum Gasteiger partial charge on any atom is 0.227 e. The Hall–Kier alpha value is -1.29. The largest absolute Gasteiger partial charge is 0.327 e. The summed E-state index contributed by atoms with van der Waals surface area (Å²) >= 11 is 3.98. The van der Waals surface area contributed by atoms with Crippen LogP contribution in [0, 0.1) is 5.92 Å². The molecule has 0 aromatic heterocycles. The number of rotatable bonds is 3. The second-order valence-corrected chi connectivity index (χ2v) is 5.55. The number of hydrogen-bond donors (Lipinski definition) is 1. The van der Waals surface area contributed by atoms with Gasteiger partial charge >= 0.3 is 0 Å². The Balaban J connectivity index is 1.99. The Morgan fingerprint density at radius 1 is 1.33 bits per heavy atom. The van der Waals surface area contributed by atoms with Crippen LogP contribution in [0.1, 0.15) is 30.0 Å². The van der Waals surface area contributed by atoms with Gasteiger partial charge in [0.2, 0.25) is 11.0 Å². The molecular weight excluding hydrogens is 246 g/mol. The molecule has 1 unspecified atom stereocenters. The fourth-order valence-corrected chi connectivity index (χ4v) is 2.87. The van der Waals surface area contributed by atoms with Crippen LogP contribution in [0.5, 0.6) is 0 Å². The van der Waals surface area contributed by atoms with Crippen molar-refractivity contribution in [1.82, 2.24) is 4.90 Å². The topological polar surface area (TPSA) is 37.4 Å². The number of nitrogens with zero attached hydrogens (tertiary/aromatic N) is 1. The summed E-state index contributed by atoms with van der Waals surface area (Å²) in [7, 11) is 0. The molecule has 0 radical (unpaired) electrons. The van der Waals surface area contributed by atoms with Crippen LogP contribution in [0.15, 0.2) is 24.3 Å². The normalized spacial score (nSPS) is 22.8. The zero-order valence-corrected chi connectivity index (χ0v) is 10.9. The van der Waals surface area contributed by atoms with E-state index < -0.39 is 6.04 Å². The third-order valence-corrected chi connectivity index (χ3v) is 3.95. The summed E-state index contributed by atoms with van der Waals surface area (Å²) in [6.07, 6.45) is 2.73. The van der Waals surface area contributed by atoms with Crippen molar-refractivity contribution in [1.29, 1.82) is 0 Å². The lowest BCUT2D eigenvalue weighted by molar-refractivity contribution is -0.138. The minimum atomic E-state index is -0.494. The summed E-state index contributed by atoms with van der Waals surface area (Å²) in [5.74, 6) is 0.627. The van der Waals surface area contributed by atoms with E-state index in [0.29, 0.717) is 18.9 Å². The lowest BCUT2D eigenvalue weighted by Gasteiger charge is -2.35. The molecule has 2 aliphatic rings. The minimum absolute atomic E-state index is 0.0491. The maximum absolute atomic E-state index is 12.2. The van der Waals surface area contributed by atoms with Crippen molar-refractivity contribution in [2.45, 2.75) is 25.3 Å². The molecule has 18 heavy (non-hydrogen) atoms. The Labute approximate surface area is 112 Å². The number of carbonyl (C=O) groups is 2. The van der Waals surface area contributed by atoms with E-state index >= 15 is 0 Å². The molecular formula is C14H15NO2S. The molecule has 1 heterocycles. The number of carbonyl (C=O) groups excluding carboxylic acids is 2. The highest BCUT2D eigenvalue weighted by atomic mass is 32.1. The van der Waals surface area contributed by atoms with Crippen LogP contribution in [0.25, 0.3) is 0 Å². The molecule has 0 spiro atoms. The van der Waals surface area contributed by atoms with Crippen molar-refractivity contribution in [3.8, 4) is 0 Å². The van der Waals surface area contributed by atoms with Crippen LogP contribution < -0.4 is 0 Å². The lowest BCUT2D eigenvalue weighted by atomic mass is 9.92. The smallest absolute Gasteiger partial charge is 0.227 e. The zero-order valence-electron chi connectivity index (χ0n) is 10.0. The van der Waals surface area contributed by atoms with E-state index in [2.05, 4.69) is 12.6 Å². The third kappa shape index (κ3) is 2.05. The summed E-state index contributed by atoms with van der Waals surface area (Å²) in [6.45, 7) is 0.699. The van der Waals surface area contributed by atoms with Crippen LogP contribution >= 0.6 is 12.6 Å². The van der Waals surface area contributed by atoms with Gasteiger partial charge in [0.15, 0.2) is 0 Å². The van der Waals surface area contributed by atoms with Gasteiger partial charge in [-0.1, -0.05) is 24.3 Å². The predicted octanol–water partition coefficient (Wildman–Crippen LogP) is 1.98. The highest BCUT2D eigenvalue weighted by Gasteiger charge is 2.38. The standard InChI is InChI=1S/C14H15NO2S/c16-12-7-10-3-1-2-4-11(10)13(14(17)18)15(12)8-9-5-6-9/h1-4,9,13H,5-8H2,(H,17,18). The van der Waals surface area contributed by atoms with Gasteiger partial charge in [-0.15, -0.1) is 12.6 Å². The first-order chi connectivity index (χ1) is 8.66. The number of thiol groups is 1. The van der Waals surface area contributed by atoms with Crippen LogP contribution in [0.3, 0.4) is 0 Å². The zero-order chi connectivity index (χ0) is 12.7. The average Bonchev–Trinajstić information content (AvgIpc) is 3.13. The molecule has 0 N–H and O–H groups in total. The molecule has 3 rings (SSSR count). The van der Waals surface area contributed by atoms with Gasteiger partial charge in [-0.25, -0.2) is 0 Å². The Bertz CT molecular complexity index is 510. The molecule has 1 amide bonds. The summed E-state index contributed by atoms with van der Waals surface area (Å²) in [4.78, 5) is 25.7. The van der Waals surface area contributed by atoms with Crippen molar-refractivity contribution in [3.63, 3.8) is 0 Å². The van der Waals surface area contributed by atoms with Crippen LogP contribution in [0.4, 0.5) is 0 Å². The quantitative estimate of drug-likeness (QED) is 0.845. The second-order valence-electron chi connectivity index (χ2n) is 5.11. The molecule has 1 fully saturated rings. The molecule has 1 aromatic rings. The van der Waals surface area contributed by atoms with Gasteiger partial charge in [-0.05, 0) is 29.9 Å². The number of fused-ring (bicyclic) bond motifs is 1. The summed E-state index contributed by atoms with van der Waals surface area (Å²) < 4.78 is 0. The van der Waals surface area contributed by atoms with E-state index in [9.17, 15) is 9.59 Å². The van der Waals surface area contributed by atoms with E-state index in [-0.39, 0.29) is 11.0 Å². The van der Waals surface area contributed by atoms with Crippen LogP contribution in [-0.4, -0.2) is 22.5 Å². The number of benzene rings is 1. The van der Waals surface area contributed by atoms with Gasteiger partial charge in [0, 0.05) is 6.54 Å². The number of amides is 1. The van der Waals surface area contributed by atoms with Crippen LogP contribution in [-0.2, 0) is 16.0 Å². The fraction of sp³-hybridized carbons (Fsp3) is 0.429. The molecule has 1 saturated carbocycles. The van der Waals surface area contributed by atoms with Crippen molar-refractivity contribution in [2.75, 3.05) is 6.54 Å². The van der Waals surface area contributed by atoms with Gasteiger partial charge in [0.1, 0.15) is 6.04 Å². The van der Waals surface area contributed by atoms with E-state index in [4.69, 9.17) is 0 Å². The van der Waals surface area contributed by atoms with Gasteiger partial charge in [0.25, 0.3) is 0 Å².